The lowest BCUT2D eigenvalue weighted by Gasteiger charge is -2.38. The Morgan fingerprint density at radius 1 is 1.32 bits per heavy atom. The van der Waals surface area contributed by atoms with Gasteiger partial charge in [-0.05, 0) is 82.1 Å². The third-order valence-corrected chi connectivity index (χ3v) is 8.81. The quantitative estimate of drug-likeness (QED) is 0.382. The zero-order chi connectivity index (χ0) is 28.3. The molecule has 1 aromatic carbocycles. The molecule has 1 fully saturated rings. The van der Waals surface area contributed by atoms with E-state index in [9.17, 15) is 14.3 Å². The molecule has 0 amide bonds. The number of rotatable bonds is 11. The second-order valence-corrected chi connectivity index (χ2v) is 11.8. The van der Waals surface area contributed by atoms with E-state index >= 15 is 0 Å². The molecule has 4 heterocycles. The van der Waals surface area contributed by atoms with Crippen molar-refractivity contribution in [1.29, 1.82) is 0 Å². The van der Waals surface area contributed by atoms with Gasteiger partial charge in [-0.15, -0.1) is 0 Å². The van der Waals surface area contributed by atoms with Crippen molar-refractivity contribution < 1.29 is 28.5 Å². The molecule has 0 radical (unpaired) electrons. The van der Waals surface area contributed by atoms with E-state index < -0.39 is 23.4 Å². The summed E-state index contributed by atoms with van der Waals surface area (Å²) in [6, 6.07) is 6.07. The highest BCUT2D eigenvalue weighted by molar-refractivity contribution is 5.77. The zero-order valence-corrected chi connectivity index (χ0v) is 23.9. The highest BCUT2D eigenvalue weighted by Gasteiger charge is 2.40. The fourth-order valence-corrected chi connectivity index (χ4v) is 6.11. The van der Waals surface area contributed by atoms with Gasteiger partial charge in [0.1, 0.15) is 23.4 Å². The molecule has 1 saturated heterocycles. The maximum absolute atomic E-state index is 14.6. The molecule has 0 bridgehead atoms. The van der Waals surface area contributed by atoms with Gasteiger partial charge in [0.25, 0.3) is 0 Å². The number of nitrogens with zero attached hydrogens (tertiary/aromatic N) is 2. The van der Waals surface area contributed by atoms with Gasteiger partial charge in [0.05, 0.1) is 18.3 Å². The average molecular weight is 556 g/mol. The number of anilines is 1. The molecule has 218 valence electrons. The van der Waals surface area contributed by atoms with Crippen LogP contribution >= 0.6 is 0 Å². The summed E-state index contributed by atoms with van der Waals surface area (Å²) in [6.07, 6.45) is 6.31. The number of benzene rings is 1. The number of likely N-dealkylation sites (tertiary alicyclic amines) is 1. The van der Waals surface area contributed by atoms with Crippen LogP contribution in [-0.2, 0) is 33.5 Å². The maximum Gasteiger partial charge on any atom is 0.325 e. The summed E-state index contributed by atoms with van der Waals surface area (Å²) in [6.45, 7) is 7.06. The number of hydrogen-bond acceptors (Lipinski definition) is 7. The third-order valence-electron chi connectivity index (χ3n) is 8.81. The van der Waals surface area contributed by atoms with Gasteiger partial charge in [0.2, 0.25) is 0 Å². The van der Waals surface area contributed by atoms with Crippen LogP contribution in [0.25, 0.3) is 0 Å². The van der Waals surface area contributed by atoms with E-state index in [2.05, 4.69) is 17.4 Å². The van der Waals surface area contributed by atoms with Crippen molar-refractivity contribution in [3.63, 3.8) is 0 Å². The van der Waals surface area contributed by atoms with Gasteiger partial charge in [0, 0.05) is 56.6 Å². The Morgan fingerprint density at radius 3 is 2.98 bits per heavy atom. The second-order valence-electron chi connectivity index (χ2n) is 11.8. The first-order valence-electron chi connectivity index (χ1n) is 14.6. The van der Waals surface area contributed by atoms with Gasteiger partial charge >= 0.3 is 5.97 Å². The average Bonchev–Trinajstić information content (AvgIpc) is 3.40. The van der Waals surface area contributed by atoms with Crippen molar-refractivity contribution in [3.05, 3.63) is 52.5 Å². The van der Waals surface area contributed by atoms with Crippen LogP contribution in [0.1, 0.15) is 68.0 Å². The summed E-state index contributed by atoms with van der Waals surface area (Å²) in [4.78, 5) is 19.2. The lowest BCUT2D eigenvalue weighted by molar-refractivity contribution is -0.143. The predicted octanol–water partition coefficient (Wildman–Crippen LogP) is 4.79. The predicted molar refractivity (Wildman–Crippen MR) is 150 cm³/mol. The summed E-state index contributed by atoms with van der Waals surface area (Å²) < 4.78 is 32.4. The number of halogens is 1. The number of aryl methyl sites for hydroxylation is 2. The highest BCUT2D eigenvalue weighted by Crippen LogP contribution is 2.40. The molecular formula is C31H42FN3O5. The first-order chi connectivity index (χ1) is 19.2. The Balaban J connectivity index is 1.17. The molecule has 3 atom stereocenters. The van der Waals surface area contributed by atoms with Gasteiger partial charge < -0.3 is 24.6 Å². The number of nitrogens with one attached hydrogen (secondary N) is 1. The Kier molecular flexibility index (Phi) is 8.92. The van der Waals surface area contributed by atoms with E-state index in [0.29, 0.717) is 44.0 Å². The molecule has 9 heteroatoms. The lowest BCUT2D eigenvalue weighted by Crippen LogP contribution is -2.41. The molecule has 40 heavy (non-hydrogen) atoms. The van der Waals surface area contributed by atoms with Crippen LogP contribution in [0.15, 0.2) is 24.3 Å². The number of fused-ring (bicyclic) bond motifs is 2. The van der Waals surface area contributed by atoms with Crippen LogP contribution in [0, 0.1) is 11.7 Å². The number of carboxylic acids is 1. The van der Waals surface area contributed by atoms with Crippen molar-refractivity contribution in [2.24, 2.45) is 5.92 Å². The summed E-state index contributed by atoms with van der Waals surface area (Å²) in [5.74, 6) is 0.00373. The number of pyridine rings is 1. The molecule has 1 unspecified atom stereocenters. The normalized spacial score (nSPS) is 21.7. The summed E-state index contributed by atoms with van der Waals surface area (Å²) in [5.41, 5.74) is 3.16. The Labute approximate surface area is 236 Å². The molecule has 2 N–H and O–H groups in total. The van der Waals surface area contributed by atoms with Gasteiger partial charge in [0.15, 0.2) is 0 Å². The number of aromatic nitrogens is 1. The zero-order valence-electron chi connectivity index (χ0n) is 23.9. The van der Waals surface area contributed by atoms with Gasteiger partial charge in [-0.1, -0.05) is 6.07 Å². The van der Waals surface area contributed by atoms with Gasteiger partial charge in [-0.25, -0.2) is 9.37 Å². The second kappa shape index (κ2) is 12.4. The topological polar surface area (TPSA) is 93.2 Å². The van der Waals surface area contributed by atoms with E-state index in [4.69, 9.17) is 19.2 Å². The fraction of sp³-hybridized carbons (Fsp3) is 0.613. The molecular weight excluding hydrogens is 513 g/mol. The number of carboxylic acid groups (broad SMARTS) is 1. The van der Waals surface area contributed by atoms with Crippen molar-refractivity contribution in [2.75, 3.05) is 45.3 Å². The summed E-state index contributed by atoms with van der Waals surface area (Å²) >= 11 is 0. The van der Waals surface area contributed by atoms with Crippen molar-refractivity contribution in [1.82, 2.24) is 9.88 Å². The first kappa shape index (κ1) is 28.8. The molecule has 2 aromatic rings. The van der Waals surface area contributed by atoms with E-state index in [1.165, 1.54) is 17.7 Å². The van der Waals surface area contributed by atoms with Crippen LogP contribution in [0.3, 0.4) is 0 Å². The van der Waals surface area contributed by atoms with E-state index in [-0.39, 0.29) is 12.0 Å². The Hall–Kier alpha value is -2.75. The SMILES string of the molecule is COC(C)(C)C1COc2cc(F)cc([C@H](C(=O)O)N3CC[C@@H](OCCCCc4ccc5c(n4)NCCC5)C3)c2C1. The van der Waals surface area contributed by atoms with Crippen LogP contribution in [-0.4, -0.2) is 72.6 Å². The summed E-state index contributed by atoms with van der Waals surface area (Å²) in [7, 11) is 1.66. The number of ether oxygens (including phenoxy) is 3. The smallest absolute Gasteiger partial charge is 0.325 e. The fourth-order valence-electron chi connectivity index (χ4n) is 6.11. The molecule has 3 aliphatic heterocycles. The first-order valence-corrected chi connectivity index (χ1v) is 14.6. The molecule has 0 saturated carbocycles. The molecule has 0 aliphatic carbocycles. The molecule has 5 rings (SSSR count). The Bertz CT molecular complexity index is 1210. The monoisotopic (exact) mass is 555 g/mol. The molecule has 1 aromatic heterocycles. The van der Waals surface area contributed by atoms with E-state index in [1.807, 2.05) is 18.7 Å². The third kappa shape index (κ3) is 6.42. The van der Waals surface area contributed by atoms with Crippen molar-refractivity contribution in [2.45, 2.75) is 76.5 Å². The lowest BCUT2D eigenvalue weighted by atomic mass is 9.81. The maximum atomic E-state index is 14.6. The van der Waals surface area contributed by atoms with Crippen LogP contribution in [0.2, 0.25) is 0 Å². The molecule has 8 nitrogen and oxygen atoms in total. The summed E-state index contributed by atoms with van der Waals surface area (Å²) in [5, 5.41) is 13.7. The minimum Gasteiger partial charge on any atom is -0.493 e. The molecule has 3 aliphatic rings. The van der Waals surface area contributed by atoms with E-state index in [0.717, 1.165) is 62.1 Å². The minimum absolute atomic E-state index is 0.0195. The van der Waals surface area contributed by atoms with Crippen LogP contribution in [0.4, 0.5) is 10.2 Å². The largest absolute Gasteiger partial charge is 0.493 e. The highest BCUT2D eigenvalue weighted by atomic mass is 19.1. The number of unbranched alkanes of at least 4 members (excludes halogenated alkanes) is 1. The van der Waals surface area contributed by atoms with Crippen LogP contribution in [0.5, 0.6) is 5.75 Å². The molecule has 0 spiro atoms. The van der Waals surface area contributed by atoms with Crippen LogP contribution < -0.4 is 10.1 Å². The standard InChI is InChI=1S/C31H42FN3O5/c1-31(2,38-3)21-15-25-26(16-22(32)17-27(25)40-19-21)28(30(36)37)35-13-11-24(18-35)39-14-5-4-8-23-10-9-20-7-6-12-33-29(20)34-23/h9-10,16-17,21,24,28H,4-8,11-15,18-19H2,1-3H3,(H,33,34)(H,36,37)/t21?,24-,28-/m1/s1. The van der Waals surface area contributed by atoms with Crippen molar-refractivity contribution in [3.8, 4) is 5.75 Å². The minimum atomic E-state index is -0.992. The van der Waals surface area contributed by atoms with Crippen molar-refractivity contribution >= 4 is 11.8 Å². The number of carbonyl (C=O) groups is 1. The van der Waals surface area contributed by atoms with Gasteiger partial charge in [-0.3, -0.25) is 9.69 Å². The number of aliphatic carboxylic acids is 1. The van der Waals surface area contributed by atoms with E-state index in [1.54, 1.807) is 7.11 Å². The number of hydrogen-bond donors (Lipinski definition) is 2. The van der Waals surface area contributed by atoms with Gasteiger partial charge in [-0.2, -0.15) is 0 Å². The Morgan fingerprint density at radius 2 is 2.17 bits per heavy atom. The number of methoxy groups -OCH3 is 1.